The Morgan fingerprint density at radius 2 is 1.69 bits per heavy atom. The lowest BCUT2D eigenvalue weighted by Gasteiger charge is -2.28. The van der Waals surface area contributed by atoms with Gasteiger partial charge in [-0.3, -0.25) is 4.98 Å². The zero-order chi connectivity index (χ0) is 25.2. The number of carbonyl (C=O) groups is 1. The highest BCUT2D eigenvalue weighted by atomic mass is 35.5. The second kappa shape index (κ2) is 10.2. The van der Waals surface area contributed by atoms with Crippen molar-refractivity contribution in [1.82, 2.24) is 4.98 Å². The molecule has 180 valence electrons. The average molecular weight is 488 g/mol. The predicted octanol–water partition coefficient (Wildman–Crippen LogP) is 7.59. The molecule has 0 saturated heterocycles. The fourth-order valence-corrected chi connectivity index (χ4v) is 4.50. The Bertz CT molecular complexity index is 1340. The number of aromatic nitrogens is 1. The van der Waals surface area contributed by atoms with Crippen LogP contribution in [0.1, 0.15) is 49.3 Å². The maximum atomic E-state index is 12.4. The Morgan fingerprint density at radius 1 is 1.00 bits per heavy atom. The number of aryl methyl sites for hydroxylation is 3. The number of ether oxygens (including phenoxy) is 1. The number of carboxylic acid groups (broad SMARTS) is 1. The first kappa shape index (κ1) is 24.9. The minimum Gasteiger partial charge on any atom is -0.479 e. The molecule has 0 fully saturated rings. The topological polar surface area (TPSA) is 59.4 Å². The van der Waals surface area contributed by atoms with E-state index in [0.29, 0.717) is 10.6 Å². The van der Waals surface area contributed by atoms with Gasteiger partial charge in [-0.15, -0.1) is 0 Å². The molecule has 35 heavy (non-hydrogen) atoms. The van der Waals surface area contributed by atoms with E-state index in [2.05, 4.69) is 12.1 Å². The molecule has 4 nitrogen and oxygen atoms in total. The zero-order valence-electron chi connectivity index (χ0n) is 20.5. The number of aliphatic carboxylic acids is 1. The molecular formula is C30H30ClNO3. The van der Waals surface area contributed by atoms with Crippen molar-refractivity contribution in [2.24, 2.45) is 0 Å². The highest BCUT2D eigenvalue weighted by Crippen LogP contribution is 2.40. The summed E-state index contributed by atoms with van der Waals surface area (Å²) in [5.74, 6) is -1.02. The van der Waals surface area contributed by atoms with Crippen molar-refractivity contribution in [2.75, 3.05) is 0 Å². The zero-order valence-corrected chi connectivity index (χ0v) is 21.3. The Balaban J connectivity index is 1.87. The van der Waals surface area contributed by atoms with E-state index in [1.54, 1.807) is 0 Å². The Morgan fingerprint density at radius 3 is 2.31 bits per heavy atom. The van der Waals surface area contributed by atoms with Gasteiger partial charge in [-0.2, -0.15) is 0 Å². The van der Waals surface area contributed by atoms with Gasteiger partial charge in [0.15, 0.2) is 6.10 Å². The molecule has 0 bridgehead atoms. The summed E-state index contributed by atoms with van der Waals surface area (Å²) in [5.41, 5.74) is 5.62. The third-order valence-electron chi connectivity index (χ3n) is 5.90. The molecule has 0 spiro atoms. The molecule has 1 heterocycles. The van der Waals surface area contributed by atoms with Gasteiger partial charge in [-0.05, 0) is 87.1 Å². The summed E-state index contributed by atoms with van der Waals surface area (Å²) in [4.78, 5) is 17.4. The van der Waals surface area contributed by atoms with E-state index in [9.17, 15) is 9.90 Å². The molecule has 4 rings (SSSR count). The first-order chi connectivity index (χ1) is 16.6. The number of hydrogen-bond acceptors (Lipinski definition) is 3. The van der Waals surface area contributed by atoms with Crippen molar-refractivity contribution in [3.05, 3.63) is 100 Å². The van der Waals surface area contributed by atoms with Gasteiger partial charge < -0.3 is 9.84 Å². The molecule has 0 unspecified atom stereocenters. The molecule has 0 radical (unpaired) electrons. The standard InChI is InChI=1S/C30H30ClNO3/c1-19-18-25-24(17-16-23(32-25)15-10-20-8-6-5-7-9-20)27(21-11-13-22(31)14-12-21)26(19)28(29(33)34)35-30(2,3)4/h5-9,11-14,16-18,28H,10,15H2,1-4H3,(H,33,34)/t28-/m0/s1. The van der Waals surface area contributed by atoms with Crippen molar-refractivity contribution in [1.29, 1.82) is 0 Å². The van der Waals surface area contributed by atoms with Crippen LogP contribution in [0.5, 0.6) is 0 Å². The molecular weight excluding hydrogens is 458 g/mol. The summed E-state index contributed by atoms with van der Waals surface area (Å²) in [6, 6.07) is 23.9. The van der Waals surface area contributed by atoms with Gasteiger partial charge in [-0.1, -0.05) is 60.1 Å². The highest BCUT2D eigenvalue weighted by Gasteiger charge is 2.31. The van der Waals surface area contributed by atoms with Crippen LogP contribution in [0.15, 0.2) is 72.8 Å². The molecule has 0 aliphatic heterocycles. The third kappa shape index (κ3) is 5.90. The molecule has 0 saturated carbocycles. The molecule has 1 N–H and O–H groups in total. The van der Waals surface area contributed by atoms with Crippen LogP contribution in [0.2, 0.25) is 5.02 Å². The van der Waals surface area contributed by atoms with Crippen LogP contribution in [0.3, 0.4) is 0 Å². The lowest BCUT2D eigenvalue weighted by atomic mass is 9.88. The van der Waals surface area contributed by atoms with Crippen LogP contribution in [0.4, 0.5) is 0 Å². The number of carboxylic acids is 1. The number of nitrogens with zero attached hydrogens (tertiary/aromatic N) is 1. The van der Waals surface area contributed by atoms with Crippen LogP contribution >= 0.6 is 11.6 Å². The summed E-state index contributed by atoms with van der Waals surface area (Å²) >= 11 is 6.16. The highest BCUT2D eigenvalue weighted by molar-refractivity contribution is 6.30. The van der Waals surface area contributed by atoms with E-state index >= 15 is 0 Å². The summed E-state index contributed by atoms with van der Waals surface area (Å²) < 4.78 is 6.07. The number of benzene rings is 3. The largest absolute Gasteiger partial charge is 0.479 e. The van der Waals surface area contributed by atoms with Gasteiger partial charge in [0.1, 0.15) is 0 Å². The normalized spacial score (nSPS) is 12.6. The Labute approximate surface area is 211 Å². The number of hydrogen-bond donors (Lipinski definition) is 1. The Hall–Kier alpha value is -3.21. The monoisotopic (exact) mass is 487 g/mol. The molecule has 0 amide bonds. The predicted molar refractivity (Wildman–Crippen MR) is 142 cm³/mol. The maximum Gasteiger partial charge on any atom is 0.337 e. The average Bonchev–Trinajstić information content (AvgIpc) is 2.81. The third-order valence-corrected chi connectivity index (χ3v) is 6.15. The van der Waals surface area contributed by atoms with Gasteiger partial charge >= 0.3 is 5.97 Å². The van der Waals surface area contributed by atoms with Crippen LogP contribution in [-0.4, -0.2) is 21.7 Å². The number of fused-ring (bicyclic) bond motifs is 1. The number of pyridine rings is 1. The van der Waals surface area contributed by atoms with Gasteiger partial charge in [-0.25, -0.2) is 4.79 Å². The molecule has 0 aliphatic rings. The fourth-order valence-electron chi connectivity index (χ4n) is 4.37. The van der Waals surface area contributed by atoms with E-state index in [-0.39, 0.29) is 0 Å². The summed E-state index contributed by atoms with van der Waals surface area (Å²) in [6.07, 6.45) is 0.603. The number of halogens is 1. The lowest BCUT2D eigenvalue weighted by Crippen LogP contribution is -2.28. The van der Waals surface area contributed by atoms with E-state index in [1.807, 2.05) is 88.4 Å². The maximum absolute atomic E-state index is 12.4. The van der Waals surface area contributed by atoms with Crippen molar-refractivity contribution in [2.45, 2.75) is 52.2 Å². The van der Waals surface area contributed by atoms with E-state index in [0.717, 1.165) is 46.1 Å². The molecule has 1 atom stereocenters. The van der Waals surface area contributed by atoms with E-state index < -0.39 is 17.7 Å². The Kier molecular flexibility index (Phi) is 7.25. The van der Waals surface area contributed by atoms with E-state index in [4.69, 9.17) is 21.3 Å². The summed E-state index contributed by atoms with van der Waals surface area (Å²) in [6.45, 7) is 7.51. The van der Waals surface area contributed by atoms with Crippen LogP contribution in [-0.2, 0) is 22.4 Å². The lowest BCUT2D eigenvalue weighted by molar-refractivity contribution is -0.160. The minimum absolute atomic E-state index is 0.620. The smallest absolute Gasteiger partial charge is 0.337 e. The van der Waals surface area contributed by atoms with Gasteiger partial charge in [0.05, 0.1) is 11.1 Å². The summed E-state index contributed by atoms with van der Waals surface area (Å²) in [7, 11) is 0. The van der Waals surface area contributed by atoms with Gasteiger partial charge in [0.2, 0.25) is 0 Å². The van der Waals surface area contributed by atoms with Crippen molar-refractivity contribution in [3.63, 3.8) is 0 Å². The SMILES string of the molecule is Cc1cc2nc(CCc3ccccc3)ccc2c(-c2ccc(Cl)cc2)c1[C@H](OC(C)(C)C)C(=O)O. The van der Waals surface area contributed by atoms with E-state index in [1.165, 1.54) is 5.56 Å². The summed E-state index contributed by atoms with van der Waals surface area (Å²) in [5, 5.41) is 11.7. The molecule has 4 aromatic rings. The van der Waals surface area contributed by atoms with Crippen LogP contribution in [0.25, 0.3) is 22.0 Å². The second-order valence-electron chi connectivity index (χ2n) is 9.79. The van der Waals surface area contributed by atoms with Crippen molar-refractivity contribution >= 4 is 28.5 Å². The molecule has 0 aliphatic carbocycles. The molecule has 3 aromatic carbocycles. The van der Waals surface area contributed by atoms with Crippen molar-refractivity contribution < 1.29 is 14.6 Å². The van der Waals surface area contributed by atoms with Gasteiger partial charge in [0.25, 0.3) is 0 Å². The van der Waals surface area contributed by atoms with Crippen LogP contribution < -0.4 is 0 Å². The molecule has 5 heteroatoms. The quantitative estimate of drug-likeness (QED) is 0.291. The first-order valence-corrected chi connectivity index (χ1v) is 12.1. The number of rotatable bonds is 7. The fraction of sp³-hybridized carbons (Fsp3) is 0.267. The first-order valence-electron chi connectivity index (χ1n) is 11.8. The van der Waals surface area contributed by atoms with Crippen LogP contribution in [0, 0.1) is 6.92 Å². The second-order valence-corrected chi connectivity index (χ2v) is 10.2. The minimum atomic E-state index is -1.12. The molecule has 1 aromatic heterocycles. The van der Waals surface area contributed by atoms with Crippen molar-refractivity contribution in [3.8, 4) is 11.1 Å². The van der Waals surface area contributed by atoms with Gasteiger partial charge in [0, 0.05) is 21.7 Å².